The highest BCUT2D eigenvalue weighted by atomic mass is 32.2. The summed E-state index contributed by atoms with van der Waals surface area (Å²) in [6.45, 7) is 6.74. The van der Waals surface area contributed by atoms with Crippen molar-refractivity contribution in [1.29, 1.82) is 0 Å². The van der Waals surface area contributed by atoms with Gasteiger partial charge in [-0.25, -0.2) is 8.42 Å². The van der Waals surface area contributed by atoms with Crippen LogP contribution < -0.4 is 5.32 Å². The molecule has 0 atom stereocenters. The van der Waals surface area contributed by atoms with Crippen molar-refractivity contribution in [3.63, 3.8) is 0 Å². The van der Waals surface area contributed by atoms with Gasteiger partial charge in [-0.2, -0.15) is 4.31 Å². The first-order valence-corrected chi connectivity index (χ1v) is 9.67. The van der Waals surface area contributed by atoms with E-state index in [0.29, 0.717) is 24.5 Å². The van der Waals surface area contributed by atoms with Gasteiger partial charge in [-0.15, -0.1) is 11.3 Å². The van der Waals surface area contributed by atoms with Crippen molar-refractivity contribution in [2.75, 3.05) is 19.6 Å². The van der Waals surface area contributed by atoms with E-state index < -0.39 is 10.0 Å². The first kappa shape index (κ1) is 15.9. The lowest BCUT2D eigenvalue weighted by Gasteiger charge is -2.21. The predicted octanol–water partition coefficient (Wildman–Crippen LogP) is 2.73. The van der Waals surface area contributed by atoms with E-state index in [1.165, 1.54) is 0 Å². The molecule has 1 aromatic heterocycles. The molecule has 0 amide bonds. The zero-order valence-electron chi connectivity index (χ0n) is 12.3. The number of aryl methyl sites for hydroxylation is 1. The van der Waals surface area contributed by atoms with Gasteiger partial charge in [-0.3, -0.25) is 0 Å². The summed E-state index contributed by atoms with van der Waals surface area (Å²) in [5.74, 6) is 0. The topological polar surface area (TPSA) is 49.4 Å². The van der Waals surface area contributed by atoms with Crippen molar-refractivity contribution >= 4 is 21.4 Å². The largest absolute Gasteiger partial charge is 0.312 e. The average molecular weight is 316 g/mol. The summed E-state index contributed by atoms with van der Waals surface area (Å²) in [6.07, 6.45) is 4.23. The molecular weight excluding hydrogens is 292 g/mol. The molecule has 6 heteroatoms. The van der Waals surface area contributed by atoms with Crippen LogP contribution in [-0.2, 0) is 16.6 Å². The molecule has 0 aliphatic carbocycles. The number of rotatable bonds is 5. The minimum Gasteiger partial charge on any atom is -0.312 e. The Morgan fingerprint density at radius 3 is 2.50 bits per heavy atom. The van der Waals surface area contributed by atoms with Crippen molar-refractivity contribution in [3.8, 4) is 0 Å². The minimum absolute atomic E-state index is 0.547. The molecule has 0 bridgehead atoms. The highest BCUT2D eigenvalue weighted by Crippen LogP contribution is 2.30. The van der Waals surface area contributed by atoms with Crippen LogP contribution in [0.15, 0.2) is 10.3 Å². The Hall–Kier alpha value is -0.430. The first-order valence-electron chi connectivity index (χ1n) is 7.35. The lowest BCUT2D eigenvalue weighted by Crippen LogP contribution is -2.33. The van der Waals surface area contributed by atoms with Crippen molar-refractivity contribution in [1.82, 2.24) is 9.62 Å². The van der Waals surface area contributed by atoms with Crippen LogP contribution >= 0.6 is 11.3 Å². The van der Waals surface area contributed by atoms with Crippen LogP contribution in [0.5, 0.6) is 0 Å². The smallest absolute Gasteiger partial charge is 0.244 e. The summed E-state index contributed by atoms with van der Waals surface area (Å²) in [6, 6.07) is 0. The Kier molecular flexibility index (Phi) is 5.60. The number of sulfonamides is 1. The molecule has 0 saturated carbocycles. The predicted molar refractivity (Wildman–Crippen MR) is 83.7 cm³/mol. The van der Waals surface area contributed by atoms with Gasteiger partial charge < -0.3 is 5.32 Å². The third-order valence-corrected chi connectivity index (χ3v) is 7.05. The van der Waals surface area contributed by atoms with Gasteiger partial charge in [0.2, 0.25) is 10.0 Å². The highest BCUT2D eigenvalue weighted by Gasteiger charge is 2.29. The van der Waals surface area contributed by atoms with Crippen LogP contribution in [0.2, 0.25) is 0 Å². The van der Waals surface area contributed by atoms with E-state index in [2.05, 4.69) is 5.32 Å². The Labute approximate surface area is 126 Å². The Morgan fingerprint density at radius 1 is 1.25 bits per heavy atom. The van der Waals surface area contributed by atoms with E-state index >= 15 is 0 Å². The molecule has 0 aromatic carbocycles. The van der Waals surface area contributed by atoms with E-state index in [9.17, 15) is 8.42 Å². The molecule has 2 heterocycles. The minimum atomic E-state index is -3.33. The molecule has 0 spiro atoms. The molecule has 1 aliphatic heterocycles. The molecule has 1 aromatic rings. The number of nitrogens with zero attached hydrogens (tertiary/aromatic N) is 1. The van der Waals surface area contributed by atoms with Gasteiger partial charge in [0.1, 0.15) is 4.90 Å². The molecule has 2 rings (SSSR count). The van der Waals surface area contributed by atoms with Gasteiger partial charge in [0.15, 0.2) is 0 Å². The Balaban J connectivity index is 2.30. The first-order chi connectivity index (χ1) is 9.57. The molecular formula is C14H24N2O2S2. The number of nitrogens with one attached hydrogen (secondary N) is 1. The maximum Gasteiger partial charge on any atom is 0.244 e. The number of hydrogen-bond donors (Lipinski definition) is 1. The van der Waals surface area contributed by atoms with E-state index in [1.807, 2.05) is 19.2 Å². The quantitative estimate of drug-likeness (QED) is 0.908. The fourth-order valence-electron chi connectivity index (χ4n) is 2.61. The van der Waals surface area contributed by atoms with Crippen LogP contribution in [0.25, 0.3) is 0 Å². The summed E-state index contributed by atoms with van der Waals surface area (Å²) < 4.78 is 27.5. The molecule has 1 N–H and O–H groups in total. The normalized spacial score (nSPS) is 18.1. The molecule has 114 valence electrons. The molecule has 1 saturated heterocycles. The summed E-state index contributed by atoms with van der Waals surface area (Å²) in [5.41, 5.74) is 0.882. The van der Waals surface area contributed by atoms with Crippen LogP contribution in [0.3, 0.4) is 0 Å². The third-order valence-electron chi connectivity index (χ3n) is 3.69. The second-order valence-corrected chi connectivity index (χ2v) is 8.11. The Morgan fingerprint density at radius 2 is 1.90 bits per heavy atom. The van der Waals surface area contributed by atoms with Crippen LogP contribution in [0.1, 0.15) is 43.0 Å². The molecule has 20 heavy (non-hydrogen) atoms. The fourth-order valence-corrected chi connectivity index (χ4v) is 5.85. The fraction of sp³-hybridized carbons (Fsp3) is 0.714. The lowest BCUT2D eigenvalue weighted by atomic mass is 10.2. The standard InChI is InChI=1S/C14H24N2O2S2/c1-3-15-10-13-14(12(2)11-19-13)20(17,18)16-8-6-4-5-7-9-16/h11,15H,3-10H2,1-2H3. The maximum absolute atomic E-state index is 12.9. The van der Waals surface area contributed by atoms with Crippen LogP contribution in [-0.4, -0.2) is 32.4 Å². The summed E-state index contributed by atoms with van der Waals surface area (Å²) in [7, 11) is -3.33. The summed E-state index contributed by atoms with van der Waals surface area (Å²) >= 11 is 1.54. The van der Waals surface area contributed by atoms with Crippen LogP contribution in [0.4, 0.5) is 0 Å². The van der Waals surface area contributed by atoms with E-state index in [0.717, 1.165) is 42.7 Å². The van der Waals surface area contributed by atoms with Gasteiger partial charge >= 0.3 is 0 Å². The molecule has 4 nitrogen and oxygen atoms in total. The average Bonchev–Trinajstić information content (AvgIpc) is 2.65. The van der Waals surface area contributed by atoms with E-state index in [1.54, 1.807) is 15.6 Å². The van der Waals surface area contributed by atoms with Crippen molar-refractivity contribution in [2.24, 2.45) is 0 Å². The van der Waals surface area contributed by atoms with Gasteiger partial charge in [-0.1, -0.05) is 19.8 Å². The molecule has 0 radical (unpaired) electrons. The summed E-state index contributed by atoms with van der Waals surface area (Å²) in [4.78, 5) is 1.49. The number of thiophene rings is 1. The van der Waals surface area contributed by atoms with Crippen molar-refractivity contribution < 1.29 is 8.42 Å². The van der Waals surface area contributed by atoms with Crippen molar-refractivity contribution in [2.45, 2.75) is 51.0 Å². The van der Waals surface area contributed by atoms with Crippen LogP contribution in [0, 0.1) is 6.92 Å². The molecule has 0 unspecified atom stereocenters. The lowest BCUT2D eigenvalue weighted by molar-refractivity contribution is 0.423. The summed E-state index contributed by atoms with van der Waals surface area (Å²) in [5, 5.41) is 5.19. The molecule has 1 fully saturated rings. The van der Waals surface area contributed by atoms with Gasteiger partial charge in [0.05, 0.1) is 0 Å². The van der Waals surface area contributed by atoms with E-state index in [-0.39, 0.29) is 0 Å². The van der Waals surface area contributed by atoms with E-state index in [4.69, 9.17) is 0 Å². The highest BCUT2D eigenvalue weighted by molar-refractivity contribution is 7.89. The third kappa shape index (κ3) is 3.42. The number of hydrogen-bond acceptors (Lipinski definition) is 4. The Bertz CT molecular complexity index is 529. The second kappa shape index (κ2) is 7.02. The zero-order chi connectivity index (χ0) is 14.6. The van der Waals surface area contributed by atoms with Gasteiger partial charge in [0, 0.05) is 24.5 Å². The monoisotopic (exact) mass is 316 g/mol. The zero-order valence-corrected chi connectivity index (χ0v) is 13.9. The SMILES string of the molecule is CCNCc1scc(C)c1S(=O)(=O)N1CCCCCC1. The maximum atomic E-state index is 12.9. The second-order valence-electron chi connectivity index (χ2n) is 5.27. The van der Waals surface area contributed by atoms with Gasteiger partial charge in [0.25, 0.3) is 0 Å². The van der Waals surface area contributed by atoms with Crippen molar-refractivity contribution in [3.05, 3.63) is 15.8 Å². The van der Waals surface area contributed by atoms with Gasteiger partial charge in [-0.05, 0) is 37.3 Å². The molecule has 1 aliphatic rings.